The van der Waals surface area contributed by atoms with E-state index in [2.05, 4.69) is 0 Å². The lowest BCUT2D eigenvalue weighted by atomic mass is 10.2. The molecule has 0 saturated heterocycles. The summed E-state index contributed by atoms with van der Waals surface area (Å²) in [6.45, 7) is -0.328. The molecule has 0 saturated carbocycles. The Balaban J connectivity index is 2.48. The summed E-state index contributed by atoms with van der Waals surface area (Å²) in [5, 5.41) is 20.9. The van der Waals surface area contributed by atoms with Crippen molar-refractivity contribution in [2.45, 2.75) is 6.61 Å². The minimum Gasteiger partial charge on any atom is -0.450 e. The highest BCUT2D eigenvalue weighted by molar-refractivity contribution is 6.42. The monoisotopic (exact) mass is 347 g/mol. The maximum absolute atomic E-state index is 11.0. The topological polar surface area (TPSA) is 72.6 Å². The van der Waals surface area contributed by atoms with Gasteiger partial charge in [-0.2, -0.15) is 0 Å². The fraction of sp³-hybridized carbons (Fsp3) is 0.0769. The number of aliphatic hydroxyl groups excluding tert-OH is 1. The van der Waals surface area contributed by atoms with Crippen molar-refractivity contribution in [1.82, 2.24) is 0 Å². The highest BCUT2D eigenvalue weighted by atomic mass is 35.5. The largest absolute Gasteiger partial charge is 0.450 e. The molecule has 21 heavy (non-hydrogen) atoms. The molecule has 1 N–H and O–H groups in total. The van der Waals surface area contributed by atoms with Gasteiger partial charge >= 0.3 is 5.69 Å². The molecule has 0 fully saturated rings. The van der Waals surface area contributed by atoms with Gasteiger partial charge in [-0.05, 0) is 18.2 Å². The van der Waals surface area contributed by atoms with Crippen molar-refractivity contribution in [1.29, 1.82) is 0 Å². The standard InChI is InChI=1S/C13H8Cl3NO4/c14-8-1-2-12(7(3-8)6-18)21-13-5-10(16)9(15)4-11(13)17(19)20/h1-5,18H,6H2. The Morgan fingerprint density at radius 1 is 1.10 bits per heavy atom. The molecule has 0 bridgehead atoms. The van der Waals surface area contributed by atoms with Gasteiger partial charge in [-0.25, -0.2) is 0 Å². The Kier molecular flexibility index (Phi) is 4.90. The number of nitrogens with zero attached hydrogens (tertiary/aromatic N) is 1. The fourth-order valence-corrected chi connectivity index (χ4v) is 2.14. The molecule has 2 rings (SSSR count). The second-order valence-corrected chi connectivity index (χ2v) is 5.25. The first-order valence-corrected chi connectivity index (χ1v) is 6.76. The molecule has 0 unspecified atom stereocenters. The number of aliphatic hydroxyl groups is 1. The molecule has 0 amide bonds. The third-order valence-electron chi connectivity index (χ3n) is 2.61. The highest BCUT2D eigenvalue weighted by Gasteiger charge is 2.20. The summed E-state index contributed by atoms with van der Waals surface area (Å²) in [6, 6.07) is 6.89. The van der Waals surface area contributed by atoms with Crippen LogP contribution in [0.2, 0.25) is 15.1 Å². The molecule has 8 heteroatoms. The smallest absolute Gasteiger partial charge is 0.313 e. The Labute approximate surface area is 134 Å². The van der Waals surface area contributed by atoms with Gasteiger partial charge in [0.2, 0.25) is 5.75 Å². The van der Waals surface area contributed by atoms with E-state index >= 15 is 0 Å². The van der Waals surface area contributed by atoms with Crippen LogP contribution < -0.4 is 4.74 Å². The Morgan fingerprint density at radius 2 is 1.76 bits per heavy atom. The maximum Gasteiger partial charge on any atom is 0.313 e. The van der Waals surface area contributed by atoms with Crippen molar-refractivity contribution in [3.8, 4) is 11.5 Å². The zero-order valence-corrected chi connectivity index (χ0v) is 12.6. The number of nitro benzene ring substituents is 1. The second-order valence-electron chi connectivity index (χ2n) is 4.00. The maximum atomic E-state index is 11.0. The molecule has 0 aliphatic rings. The van der Waals surface area contributed by atoms with Gasteiger partial charge < -0.3 is 9.84 Å². The number of halogens is 3. The lowest BCUT2D eigenvalue weighted by Gasteiger charge is -2.11. The predicted molar refractivity (Wildman–Crippen MR) is 80.6 cm³/mol. The van der Waals surface area contributed by atoms with Crippen LogP contribution >= 0.6 is 34.8 Å². The SMILES string of the molecule is O=[N+]([O-])c1cc(Cl)c(Cl)cc1Oc1ccc(Cl)cc1CO. The van der Waals surface area contributed by atoms with Crippen molar-refractivity contribution in [3.05, 3.63) is 61.1 Å². The summed E-state index contributed by atoms with van der Waals surface area (Å²) in [6.07, 6.45) is 0. The van der Waals surface area contributed by atoms with Crippen LogP contribution in [-0.4, -0.2) is 10.0 Å². The van der Waals surface area contributed by atoms with E-state index in [-0.39, 0.29) is 33.8 Å². The lowest BCUT2D eigenvalue weighted by Crippen LogP contribution is -1.96. The normalized spacial score (nSPS) is 10.5. The molecule has 0 aliphatic heterocycles. The second kappa shape index (κ2) is 6.49. The molecule has 2 aromatic carbocycles. The molecule has 5 nitrogen and oxygen atoms in total. The number of hydrogen-bond donors (Lipinski definition) is 1. The molecule has 110 valence electrons. The van der Waals surface area contributed by atoms with E-state index in [1.807, 2.05) is 0 Å². The van der Waals surface area contributed by atoms with Crippen molar-refractivity contribution in [2.75, 3.05) is 0 Å². The number of nitro groups is 1. The first-order valence-electron chi connectivity index (χ1n) is 5.63. The van der Waals surface area contributed by atoms with E-state index in [0.29, 0.717) is 10.6 Å². The van der Waals surface area contributed by atoms with Gasteiger partial charge in [0.1, 0.15) is 5.75 Å². The molecule has 0 aliphatic carbocycles. The van der Waals surface area contributed by atoms with Gasteiger partial charge in [0.25, 0.3) is 0 Å². The van der Waals surface area contributed by atoms with Crippen LogP contribution in [-0.2, 0) is 6.61 Å². The quantitative estimate of drug-likeness (QED) is 0.634. The average Bonchev–Trinajstić information content (AvgIpc) is 2.44. The zero-order valence-electron chi connectivity index (χ0n) is 10.3. The van der Waals surface area contributed by atoms with E-state index in [1.54, 1.807) is 6.07 Å². The number of ether oxygens (including phenoxy) is 1. The van der Waals surface area contributed by atoms with Gasteiger partial charge in [0.05, 0.1) is 21.6 Å². The molecule has 2 aromatic rings. The molecule has 0 heterocycles. The fourth-order valence-electron chi connectivity index (χ4n) is 1.63. The number of hydrogen-bond acceptors (Lipinski definition) is 4. The Morgan fingerprint density at radius 3 is 2.38 bits per heavy atom. The first kappa shape index (κ1) is 15.9. The van der Waals surface area contributed by atoms with Crippen molar-refractivity contribution in [2.24, 2.45) is 0 Å². The predicted octanol–water partition coefficient (Wildman–Crippen LogP) is 4.84. The highest BCUT2D eigenvalue weighted by Crippen LogP contribution is 2.39. The molecular formula is C13H8Cl3NO4. The minimum atomic E-state index is -0.633. The van der Waals surface area contributed by atoms with Crippen LogP contribution in [0.4, 0.5) is 5.69 Å². The van der Waals surface area contributed by atoms with Crippen molar-refractivity contribution in [3.63, 3.8) is 0 Å². The summed E-state index contributed by atoms with van der Waals surface area (Å²) in [5.41, 5.74) is 0.0612. The summed E-state index contributed by atoms with van der Waals surface area (Å²) in [7, 11) is 0. The van der Waals surface area contributed by atoms with Gasteiger partial charge in [-0.1, -0.05) is 34.8 Å². The van der Waals surface area contributed by atoms with E-state index in [0.717, 1.165) is 6.07 Å². The van der Waals surface area contributed by atoms with Crippen LogP contribution in [0.25, 0.3) is 0 Å². The van der Waals surface area contributed by atoms with Crippen LogP contribution in [0.1, 0.15) is 5.56 Å². The molecular weight excluding hydrogens is 341 g/mol. The van der Waals surface area contributed by atoms with E-state index in [4.69, 9.17) is 39.5 Å². The van der Waals surface area contributed by atoms with E-state index in [9.17, 15) is 15.2 Å². The van der Waals surface area contributed by atoms with Crippen molar-refractivity contribution < 1.29 is 14.8 Å². The summed E-state index contributed by atoms with van der Waals surface area (Å²) in [5.74, 6) is 0.162. The third-order valence-corrected chi connectivity index (χ3v) is 3.57. The van der Waals surface area contributed by atoms with Crippen LogP contribution in [0.15, 0.2) is 30.3 Å². The van der Waals surface area contributed by atoms with E-state index < -0.39 is 4.92 Å². The van der Waals surface area contributed by atoms with E-state index in [1.165, 1.54) is 18.2 Å². The summed E-state index contributed by atoms with van der Waals surface area (Å²) < 4.78 is 5.48. The zero-order chi connectivity index (χ0) is 15.6. The first-order chi connectivity index (χ1) is 9.92. The number of rotatable bonds is 4. The molecule has 0 atom stereocenters. The van der Waals surface area contributed by atoms with Gasteiger partial charge in [-0.3, -0.25) is 10.1 Å². The van der Waals surface area contributed by atoms with Gasteiger partial charge in [-0.15, -0.1) is 0 Å². The van der Waals surface area contributed by atoms with Gasteiger partial charge in [0.15, 0.2) is 0 Å². The van der Waals surface area contributed by atoms with Crippen LogP contribution in [0, 0.1) is 10.1 Å². The average molecular weight is 349 g/mol. The number of benzene rings is 2. The van der Waals surface area contributed by atoms with Crippen LogP contribution in [0.3, 0.4) is 0 Å². The lowest BCUT2D eigenvalue weighted by molar-refractivity contribution is -0.385. The molecule has 0 radical (unpaired) electrons. The van der Waals surface area contributed by atoms with Crippen LogP contribution in [0.5, 0.6) is 11.5 Å². The Hall–Kier alpha value is -1.53. The summed E-state index contributed by atoms with van der Waals surface area (Å²) >= 11 is 17.4. The molecule has 0 aromatic heterocycles. The third kappa shape index (κ3) is 3.57. The molecule has 0 spiro atoms. The van der Waals surface area contributed by atoms with Crippen molar-refractivity contribution >= 4 is 40.5 Å². The minimum absolute atomic E-state index is 0.0502. The summed E-state index contributed by atoms with van der Waals surface area (Å²) in [4.78, 5) is 10.4. The Bertz CT molecular complexity index is 706. The van der Waals surface area contributed by atoms with Gasteiger partial charge in [0, 0.05) is 22.7 Å².